The fourth-order valence-electron chi connectivity index (χ4n) is 5.86. The van der Waals surface area contributed by atoms with Gasteiger partial charge in [-0.05, 0) is 115 Å². The molecule has 346 valence electrons. The summed E-state index contributed by atoms with van der Waals surface area (Å²) in [7, 11) is -2.19. The van der Waals surface area contributed by atoms with Crippen molar-refractivity contribution in [3.05, 3.63) is 135 Å². The third-order valence-electron chi connectivity index (χ3n) is 10.5. The monoisotopic (exact) mass is 1020 g/mol. The van der Waals surface area contributed by atoms with Crippen LogP contribution in [0.25, 0.3) is 11.3 Å². The van der Waals surface area contributed by atoms with E-state index in [1.165, 1.54) is 0 Å². The van der Waals surface area contributed by atoms with E-state index in [4.69, 9.17) is 37.3 Å². The van der Waals surface area contributed by atoms with Gasteiger partial charge in [0.1, 0.15) is 24.2 Å². The van der Waals surface area contributed by atoms with Gasteiger partial charge in [0, 0.05) is 22.5 Å². The molecule has 5 aromatic rings. The van der Waals surface area contributed by atoms with Gasteiger partial charge in [0.25, 0.3) is 0 Å². The minimum Gasteiger partial charge on any atom is -0.438 e. The van der Waals surface area contributed by atoms with E-state index in [-0.39, 0.29) is 23.3 Å². The van der Waals surface area contributed by atoms with Crippen LogP contribution in [0.3, 0.4) is 0 Å². The number of rotatable bonds is 14. The van der Waals surface area contributed by atoms with E-state index >= 15 is 0 Å². The quantitative estimate of drug-likeness (QED) is 0.0470. The first-order valence-electron chi connectivity index (χ1n) is 20.1. The molecule has 0 radical (unpaired) electrons. The molecular weight excluding hydrogens is 969 g/mol. The van der Waals surface area contributed by atoms with Crippen LogP contribution in [0.15, 0.2) is 95.5 Å². The molecule has 0 spiro atoms. The van der Waals surface area contributed by atoms with Gasteiger partial charge in [0.05, 0.1) is 46.1 Å². The van der Waals surface area contributed by atoms with E-state index < -0.39 is 37.8 Å². The van der Waals surface area contributed by atoms with Gasteiger partial charge in [-0.25, -0.2) is 4.98 Å². The Labute approximate surface area is 406 Å². The fourth-order valence-corrected chi connectivity index (χ4v) is 7.69. The lowest BCUT2D eigenvalue weighted by molar-refractivity contribution is -0.123. The summed E-state index contributed by atoms with van der Waals surface area (Å²) in [4.78, 5) is 30.1. The molecule has 0 fully saturated rings. The van der Waals surface area contributed by atoms with E-state index in [1.807, 2.05) is 50.2 Å². The number of oxazole rings is 1. The summed E-state index contributed by atoms with van der Waals surface area (Å²) in [6.07, 6.45) is 0.396. The highest BCUT2D eigenvalue weighted by molar-refractivity contribution is 8.24. The molecule has 19 heteroatoms. The summed E-state index contributed by atoms with van der Waals surface area (Å²) < 4.78 is 21.9. The van der Waals surface area contributed by atoms with Crippen LogP contribution in [0.5, 0.6) is 0 Å². The summed E-state index contributed by atoms with van der Waals surface area (Å²) in [5, 5.41) is 35.2. The average molecular weight is 1020 g/mol. The zero-order valence-corrected chi connectivity index (χ0v) is 43.0. The summed E-state index contributed by atoms with van der Waals surface area (Å²) in [6, 6.07) is 28.0. The van der Waals surface area contributed by atoms with Crippen molar-refractivity contribution in [2.45, 2.75) is 90.9 Å². The molecule has 1 heterocycles. The van der Waals surface area contributed by atoms with Crippen LogP contribution in [-0.2, 0) is 13.8 Å². The molecule has 0 saturated heterocycles. The van der Waals surface area contributed by atoms with Crippen LogP contribution < -0.4 is 16.0 Å². The number of hydrogen-bond donors (Lipinski definition) is 4. The number of anilines is 2. The fraction of sp³-hybridized carbons (Fsp3) is 0.326. The van der Waals surface area contributed by atoms with Crippen molar-refractivity contribution in [1.82, 2.24) is 10.3 Å². The van der Waals surface area contributed by atoms with E-state index in [9.17, 15) is 24.5 Å². The second-order valence-corrected chi connectivity index (χ2v) is 28.5. The average Bonchev–Trinajstić information content (AvgIpc) is 3.73. The van der Waals surface area contributed by atoms with E-state index in [0.29, 0.717) is 55.3 Å². The maximum Gasteiger partial charge on any atom is 0.339 e. The third-order valence-corrected chi connectivity index (χ3v) is 16.1. The Hall–Kier alpha value is -4.37. The Bertz CT molecular complexity index is 2530. The summed E-state index contributed by atoms with van der Waals surface area (Å²) in [5.74, 6) is 0.472. The Kier molecular flexibility index (Phi) is 20.6. The Morgan fingerprint density at radius 3 is 1.78 bits per heavy atom. The first kappa shape index (κ1) is 55.0. The molecule has 65 heavy (non-hydrogen) atoms. The Balaban J connectivity index is 0.000000321. The maximum atomic E-state index is 13.3. The number of nitrogens with one attached hydrogen (secondary N) is 3. The minimum absolute atomic E-state index is 0.0424. The van der Waals surface area contributed by atoms with Gasteiger partial charge in [0.2, 0.25) is 11.8 Å². The second-order valence-electron chi connectivity index (χ2n) is 16.3. The molecule has 1 amide bonds. The molecule has 4 atom stereocenters. The van der Waals surface area contributed by atoms with E-state index in [1.54, 1.807) is 68.6 Å². The molecule has 0 aliphatic rings. The van der Waals surface area contributed by atoms with Crippen molar-refractivity contribution >= 4 is 93.5 Å². The lowest BCUT2D eigenvalue weighted by atomic mass is 10.1. The van der Waals surface area contributed by atoms with Crippen molar-refractivity contribution in [3.63, 3.8) is 0 Å². The lowest BCUT2D eigenvalue weighted by Crippen LogP contribution is -2.53. The topological polar surface area (TPSA) is 190 Å². The van der Waals surface area contributed by atoms with E-state index in [2.05, 4.69) is 101 Å². The molecule has 0 saturated carbocycles. The summed E-state index contributed by atoms with van der Waals surface area (Å²) in [6.45, 7) is 17.7. The van der Waals surface area contributed by atoms with Crippen molar-refractivity contribution in [1.29, 1.82) is 10.5 Å². The third kappa shape index (κ3) is 16.5. The van der Waals surface area contributed by atoms with Gasteiger partial charge in [-0.15, -0.1) is 0 Å². The largest absolute Gasteiger partial charge is 0.438 e. The normalized spacial score (nSPS) is 13.2. The number of hydrogen-bond acceptors (Lipinski definition) is 11. The molecule has 0 aliphatic heterocycles. The highest BCUT2D eigenvalue weighted by Gasteiger charge is 2.41. The molecule has 5 rings (SSSR count). The first-order chi connectivity index (χ1) is 30.3. The van der Waals surface area contributed by atoms with Crippen LogP contribution >= 0.6 is 62.1 Å². The smallest absolute Gasteiger partial charge is 0.339 e. The van der Waals surface area contributed by atoms with E-state index in [0.717, 1.165) is 11.1 Å². The SMILES string of the molecule is Cc1c(N[C@@H](C(=O)NCC(=O)c2ccccc2)[C@H](C)O[Si](C)(C)C(C)(C)C)ccc(C#N)c1Cl.Cc1c(N[C@@H](c2ncc(-c3ccccc3)o2)[C@H](C)O)ccc(C#N)c1Cl.O=P(Cl)(Cl)Cl. The maximum absolute atomic E-state index is 13.3. The molecule has 1 aromatic heterocycles. The number of carbonyl (C=O) groups excluding carboxylic acids is 2. The number of aliphatic hydroxyl groups is 1. The molecule has 4 aromatic carbocycles. The summed E-state index contributed by atoms with van der Waals surface area (Å²) in [5.41, 5.74) is 4.95. The zero-order valence-electron chi connectivity index (χ0n) is 37.3. The Morgan fingerprint density at radius 2 is 1.32 bits per heavy atom. The number of aromatic nitrogens is 1. The number of aliphatic hydroxyl groups excluding tert-OH is 1. The molecule has 0 unspecified atom stereocenters. The van der Waals surface area contributed by atoms with Crippen LogP contribution in [0, 0.1) is 36.5 Å². The zero-order chi connectivity index (χ0) is 48.9. The standard InChI is InChI=1S/C26H34ClN3O3Si.C20H18ClN3O2.Cl3OP/c1-17-21(14-13-20(15-28)23(17)27)30-24(18(2)33-34(6,7)26(3,4)5)25(32)29-16-22(31)19-11-9-8-10-12-19;1-12-16(9-8-15(10-22)18(12)21)24-19(13(2)25)20-23-11-17(26-20)14-6-4-3-5-7-14;1-5(2,3)4/h8-14,18,24,30H,16H2,1-7H3,(H,29,32);3-9,11,13,19,24-25H,1-2H3;/t18-,24+;13-,19+;/m00./s1. The van der Waals surface area contributed by atoms with Crippen molar-refractivity contribution in [2.75, 3.05) is 17.2 Å². The van der Waals surface area contributed by atoms with Crippen LogP contribution in [0.4, 0.5) is 11.4 Å². The number of benzene rings is 4. The van der Waals surface area contributed by atoms with Gasteiger partial charge >= 0.3 is 5.20 Å². The lowest BCUT2D eigenvalue weighted by Gasteiger charge is -2.40. The minimum atomic E-state index is -3.22. The predicted molar refractivity (Wildman–Crippen MR) is 266 cm³/mol. The van der Waals surface area contributed by atoms with Crippen molar-refractivity contribution in [2.24, 2.45) is 0 Å². The highest BCUT2D eigenvalue weighted by atomic mass is 36.0. The molecule has 0 bridgehead atoms. The molecule has 4 N–H and O–H groups in total. The number of halogens is 5. The van der Waals surface area contributed by atoms with Gasteiger partial charge in [-0.3, -0.25) is 14.2 Å². The number of carbonyl (C=O) groups is 2. The number of nitriles is 2. The van der Waals surface area contributed by atoms with Crippen LogP contribution in [0.1, 0.15) is 79.2 Å². The van der Waals surface area contributed by atoms with Crippen molar-refractivity contribution < 1.29 is 28.1 Å². The first-order valence-corrected chi connectivity index (χ1v) is 28.2. The van der Waals surface area contributed by atoms with Gasteiger partial charge in [-0.2, -0.15) is 10.5 Å². The van der Waals surface area contributed by atoms with Crippen molar-refractivity contribution in [3.8, 4) is 23.5 Å². The van der Waals surface area contributed by atoms with Crippen LogP contribution in [-0.4, -0.2) is 54.9 Å². The second kappa shape index (κ2) is 24.4. The molecule has 0 aliphatic carbocycles. The number of ketones is 1. The Morgan fingerprint density at radius 1 is 0.846 bits per heavy atom. The predicted octanol–water partition coefficient (Wildman–Crippen LogP) is 13.2. The van der Waals surface area contributed by atoms with Crippen LogP contribution in [0.2, 0.25) is 28.2 Å². The number of amides is 1. The van der Waals surface area contributed by atoms with Gasteiger partial charge in [0.15, 0.2) is 19.9 Å². The molecule has 12 nitrogen and oxygen atoms in total. The summed E-state index contributed by atoms with van der Waals surface area (Å²) >= 11 is 26.4. The number of nitrogens with zero attached hydrogens (tertiary/aromatic N) is 3. The highest BCUT2D eigenvalue weighted by Crippen LogP contribution is 2.61. The van der Waals surface area contributed by atoms with Gasteiger partial charge in [-0.1, -0.05) is 105 Å². The number of Topliss-reactive ketones (excluding diaryl/α,β-unsaturated/α-hetero) is 1. The molecular formula is C46H52Cl5N6O6PSi. The van der Waals surface area contributed by atoms with Gasteiger partial charge < -0.3 is 29.9 Å².